The van der Waals surface area contributed by atoms with E-state index >= 15 is 0 Å². The Morgan fingerprint density at radius 3 is 2.65 bits per heavy atom. The first-order chi connectivity index (χ1) is 11.1. The van der Waals surface area contributed by atoms with Crippen LogP contribution in [0, 0.1) is 6.92 Å². The molecule has 0 radical (unpaired) electrons. The van der Waals surface area contributed by atoms with Gasteiger partial charge in [0.15, 0.2) is 0 Å². The highest BCUT2D eigenvalue weighted by Gasteiger charge is 2.22. The maximum absolute atomic E-state index is 12.2. The molecule has 0 N–H and O–H groups in total. The molecule has 1 aromatic heterocycles. The maximum atomic E-state index is 12.2. The van der Waals surface area contributed by atoms with Crippen LogP contribution in [0.2, 0.25) is 0 Å². The van der Waals surface area contributed by atoms with Gasteiger partial charge in [-0.15, -0.1) is 0 Å². The molecule has 0 spiro atoms. The summed E-state index contributed by atoms with van der Waals surface area (Å²) in [7, 11) is 0. The van der Waals surface area contributed by atoms with Crippen LogP contribution in [0.3, 0.4) is 0 Å². The molecule has 0 aliphatic heterocycles. The van der Waals surface area contributed by atoms with Crippen molar-refractivity contribution in [3.8, 4) is 5.69 Å². The monoisotopic (exact) mass is 307 g/mol. The summed E-state index contributed by atoms with van der Waals surface area (Å²) >= 11 is 0. The summed E-state index contributed by atoms with van der Waals surface area (Å²) in [4.78, 5) is 12.2. The normalized spacial score (nSPS) is 12.3. The summed E-state index contributed by atoms with van der Waals surface area (Å²) in [6.45, 7) is 6.21. The van der Waals surface area contributed by atoms with Crippen LogP contribution >= 0.6 is 0 Å². The fourth-order valence-corrected chi connectivity index (χ4v) is 2.94. The van der Waals surface area contributed by atoms with Gasteiger partial charge in [-0.25, -0.2) is 0 Å². The lowest BCUT2D eigenvalue weighted by atomic mass is 10.1. The van der Waals surface area contributed by atoms with Gasteiger partial charge in [0, 0.05) is 16.8 Å². The van der Waals surface area contributed by atoms with Crippen molar-refractivity contribution in [2.24, 2.45) is 0 Å². The van der Waals surface area contributed by atoms with Crippen LogP contribution in [-0.2, 0) is 9.53 Å². The zero-order chi connectivity index (χ0) is 16.4. The highest BCUT2D eigenvalue weighted by atomic mass is 16.5. The Labute approximate surface area is 136 Å². The summed E-state index contributed by atoms with van der Waals surface area (Å²) in [5, 5.41) is 1.13. The van der Waals surface area contributed by atoms with Gasteiger partial charge in [0.2, 0.25) is 0 Å². The molecule has 0 aliphatic rings. The number of benzene rings is 2. The highest BCUT2D eigenvalue weighted by molar-refractivity contribution is 5.87. The molecule has 0 amide bonds. The largest absolute Gasteiger partial charge is 0.465 e. The summed E-state index contributed by atoms with van der Waals surface area (Å²) in [6.07, 6.45) is 0. The number of carbonyl (C=O) groups excluding carboxylic acids is 1. The Balaban J connectivity index is 2.21. The predicted octanol–water partition coefficient (Wildman–Crippen LogP) is 4.61. The average Bonchev–Trinajstić information content (AvgIpc) is 2.93. The number of para-hydroxylation sites is 1. The minimum Gasteiger partial charge on any atom is -0.465 e. The van der Waals surface area contributed by atoms with Gasteiger partial charge >= 0.3 is 5.97 Å². The zero-order valence-corrected chi connectivity index (χ0v) is 13.7. The summed E-state index contributed by atoms with van der Waals surface area (Å²) in [6, 6.07) is 18.6. The lowest BCUT2D eigenvalue weighted by Crippen LogP contribution is -2.16. The summed E-state index contributed by atoms with van der Waals surface area (Å²) in [5.74, 6) is -0.507. The Morgan fingerprint density at radius 1 is 1.13 bits per heavy atom. The van der Waals surface area contributed by atoms with Crippen LogP contribution in [-0.4, -0.2) is 17.1 Å². The van der Waals surface area contributed by atoms with Crippen molar-refractivity contribution >= 4 is 16.9 Å². The van der Waals surface area contributed by atoms with Gasteiger partial charge < -0.3 is 9.30 Å². The molecule has 0 aliphatic carbocycles. The van der Waals surface area contributed by atoms with Crippen molar-refractivity contribution in [2.45, 2.75) is 26.7 Å². The molecule has 0 fully saturated rings. The molecule has 23 heavy (non-hydrogen) atoms. The smallest absolute Gasteiger partial charge is 0.314 e. The molecule has 0 saturated heterocycles. The number of esters is 1. The molecule has 2 aromatic carbocycles. The van der Waals surface area contributed by atoms with Gasteiger partial charge in [0.05, 0.1) is 18.0 Å². The van der Waals surface area contributed by atoms with E-state index in [9.17, 15) is 4.79 Å². The number of hydrogen-bond acceptors (Lipinski definition) is 2. The molecule has 1 unspecified atom stereocenters. The van der Waals surface area contributed by atoms with Gasteiger partial charge in [0.1, 0.15) is 0 Å². The van der Waals surface area contributed by atoms with Crippen molar-refractivity contribution in [1.29, 1.82) is 0 Å². The molecule has 1 heterocycles. The van der Waals surface area contributed by atoms with Crippen LogP contribution in [0.25, 0.3) is 16.6 Å². The van der Waals surface area contributed by atoms with E-state index in [-0.39, 0.29) is 11.9 Å². The third-order valence-electron chi connectivity index (χ3n) is 4.08. The van der Waals surface area contributed by atoms with Gasteiger partial charge in [-0.05, 0) is 50.6 Å². The van der Waals surface area contributed by atoms with Gasteiger partial charge in [0.25, 0.3) is 0 Å². The molecular weight excluding hydrogens is 286 g/mol. The second kappa shape index (κ2) is 6.29. The standard InChI is InChI=1S/C20H21NO2/c1-4-23-20(22)15(3)19-13-16-9-5-6-11-18(16)21(19)17-10-7-8-14(2)12-17/h5-13,15H,4H2,1-3H3. The topological polar surface area (TPSA) is 31.2 Å². The van der Waals surface area contributed by atoms with Crippen LogP contribution in [0.4, 0.5) is 0 Å². The van der Waals surface area contributed by atoms with E-state index in [4.69, 9.17) is 4.74 Å². The number of carbonyl (C=O) groups is 1. The third-order valence-corrected chi connectivity index (χ3v) is 4.08. The Hall–Kier alpha value is -2.55. The molecule has 3 heteroatoms. The molecule has 3 rings (SSSR count). The number of rotatable bonds is 4. The number of hydrogen-bond donors (Lipinski definition) is 0. The SMILES string of the molecule is CCOC(=O)C(C)c1cc2ccccc2n1-c1cccc(C)c1. The van der Waals surface area contributed by atoms with E-state index in [0.29, 0.717) is 6.61 Å². The lowest BCUT2D eigenvalue weighted by molar-refractivity contribution is -0.144. The van der Waals surface area contributed by atoms with Crippen molar-refractivity contribution in [3.63, 3.8) is 0 Å². The predicted molar refractivity (Wildman–Crippen MR) is 93.1 cm³/mol. The zero-order valence-electron chi connectivity index (χ0n) is 13.7. The highest BCUT2D eigenvalue weighted by Crippen LogP contribution is 2.30. The second-order valence-electron chi connectivity index (χ2n) is 5.78. The fourth-order valence-electron chi connectivity index (χ4n) is 2.94. The lowest BCUT2D eigenvalue weighted by Gasteiger charge is -2.16. The summed E-state index contributed by atoms with van der Waals surface area (Å²) < 4.78 is 7.37. The molecular formula is C20H21NO2. The Bertz CT molecular complexity index is 848. The Kier molecular flexibility index (Phi) is 4.20. The number of aromatic nitrogens is 1. The first-order valence-electron chi connectivity index (χ1n) is 7.96. The minimum atomic E-state index is -0.317. The van der Waals surface area contributed by atoms with E-state index in [0.717, 1.165) is 22.3 Å². The van der Waals surface area contributed by atoms with Crippen molar-refractivity contribution in [3.05, 3.63) is 65.9 Å². The minimum absolute atomic E-state index is 0.191. The van der Waals surface area contributed by atoms with Gasteiger partial charge in [-0.2, -0.15) is 0 Å². The van der Waals surface area contributed by atoms with E-state index < -0.39 is 0 Å². The maximum Gasteiger partial charge on any atom is 0.314 e. The number of ether oxygens (including phenoxy) is 1. The van der Waals surface area contributed by atoms with Crippen molar-refractivity contribution in [1.82, 2.24) is 4.57 Å². The van der Waals surface area contributed by atoms with E-state index in [1.807, 2.05) is 32.0 Å². The number of fused-ring (bicyclic) bond motifs is 1. The van der Waals surface area contributed by atoms with Crippen molar-refractivity contribution in [2.75, 3.05) is 6.61 Å². The summed E-state index contributed by atoms with van der Waals surface area (Å²) in [5.41, 5.74) is 4.31. The molecule has 3 aromatic rings. The molecule has 3 nitrogen and oxygen atoms in total. The number of nitrogens with zero attached hydrogens (tertiary/aromatic N) is 1. The fraction of sp³-hybridized carbons (Fsp3) is 0.250. The van der Waals surface area contributed by atoms with Crippen LogP contribution in [0.1, 0.15) is 31.0 Å². The first kappa shape index (κ1) is 15.3. The molecule has 1 atom stereocenters. The quantitative estimate of drug-likeness (QED) is 0.659. The average molecular weight is 307 g/mol. The van der Waals surface area contributed by atoms with Crippen LogP contribution in [0.15, 0.2) is 54.6 Å². The van der Waals surface area contributed by atoms with E-state index in [1.165, 1.54) is 5.56 Å². The second-order valence-corrected chi connectivity index (χ2v) is 5.78. The first-order valence-corrected chi connectivity index (χ1v) is 7.96. The Morgan fingerprint density at radius 2 is 1.91 bits per heavy atom. The van der Waals surface area contributed by atoms with E-state index in [2.05, 4.69) is 47.9 Å². The molecule has 118 valence electrons. The molecule has 0 bridgehead atoms. The van der Waals surface area contributed by atoms with Gasteiger partial charge in [-0.3, -0.25) is 4.79 Å². The van der Waals surface area contributed by atoms with E-state index in [1.54, 1.807) is 0 Å². The number of aryl methyl sites for hydroxylation is 1. The molecule has 0 saturated carbocycles. The third kappa shape index (κ3) is 2.87. The van der Waals surface area contributed by atoms with Gasteiger partial charge in [-0.1, -0.05) is 30.3 Å². The van der Waals surface area contributed by atoms with Crippen LogP contribution in [0.5, 0.6) is 0 Å². The van der Waals surface area contributed by atoms with Crippen LogP contribution < -0.4 is 0 Å². The van der Waals surface area contributed by atoms with Crippen molar-refractivity contribution < 1.29 is 9.53 Å².